The summed E-state index contributed by atoms with van der Waals surface area (Å²) in [5.74, 6) is 0.771. The Kier molecular flexibility index (Phi) is 3.71. The number of aliphatic hydroxyl groups is 1. The van der Waals surface area contributed by atoms with E-state index in [-0.39, 0.29) is 0 Å². The van der Waals surface area contributed by atoms with Crippen molar-refractivity contribution in [2.45, 2.75) is 26.4 Å². The minimum atomic E-state index is -0.537. The maximum absolute atomic E-state index is 9.26. The lowest BCUT2D eigenvalue weighted by atomic mass is 10.2. The van der Waals surface area contributed by atoms with Gasteiger partial charge in [0, 0.05) is 12.3 Å². The van der Waals surface area contributed by atoms with Gasteiger partial charge < -0.3 is 9.84 Å². The quantitative estimate of drug-likeness (QED) is 0.771. The number of aliphatic hydroxyl groups excluding tert-OH is 1. The second-order valence-corrected chi connectivity index (χ2v) is 2.94. The number of pyridine rings is 1. The molecule has 0 fully saturated rings. The van der Waals surface area contributed by atoms with Crippen molar-refractivity contribution in [2.75, 3.05) is 6.61 Å². The molecule has 72 valence electrons. The predicted molar refractivity (Wildman–Crippen MR) is 50.7 cm³/mol. The van der Waals surface area contributed by atoms with Gasteiger partial charge in [0.05, 0.1) is 18.4 Å². The van der Waals surface area contributed by atoms with E-state index in [2.05, 4.69) is 11.9 Å². The van der Waals surface area contributed by atoms with Crippen molar-refractivity contribution >= 4 is 0 Å². The number of ether oxygens (including phenoxy) is 1. The third-order valence-corrected chi connectivity index (χ3v) is 1.65. The van der Waals surface area contributed by atoms with Crippen molar-refractivity contribution < 1.29 is 9.84 Å². The third kappa shape index (κ3) is 3.03. The molecule has 0 aliphatic rings. The van der Waals surface area contributed by atoms with Crippen molar-refractivity contribution in [1.29, 1.82) is 0 Å². The van der Waals surface area contributed by atoms with Gasteiger partial charge in [-0.2, -0.15) is 0 Å². The number of hydrogen-bond acceptors (Lipinski definition) is 3. The van der Waals surface area contributed by atoms with Gasteiger partial charge in [-0.05, 0) is 19.4 Å². The van der Waals surface area contributed by atoms with E-state index in [1.807, 2.05) is 0 Å². The Morgan fingerprint density at radius 2 is 2.38 bits per heavy atom. The fourth-order valence-electron chi connectivity index (χ4n) is 0.966. The van der Waals surface area contributed by atoms with Crippen LogP contribution in [-0.4, -0.2) is 16.7 Å². The molecule has 0 radical (unpaired) electrons. The van der Waals surface area contributed by atoms with Gasteiger partial charge in [-0.15, -0.1) is 0 Å². The van der Waals surface area contributed by atoms with E-state index in [1.165, 1.54) is 0 Å². The molecule has 0 unspecified atom stereocenters. The summed E-state index contributed by atoms with van der Waals surface area (Å²) in [6.07, 6.45) is 2.09. The molecule has 1 N–H and O–H groups in total. The summed E-state index contributed by atoms with van der Waals surface area (Å²) < 4.78 is 5.39. The van der Waals surface area contributed by atoms with E-state index < -0.39 is 6.10 Å². The molecule has 0 aromatic carbocycles. The van der Waals surface area contributed by atoms with E-state index in [9.17, 15) is 5.11 Å². The number of nitrogens with zero attached hydrogens (tertiary/aromatic N) is 1. The van der Waals surface area contributed by atoms with Crippen molar-refractivity contribution in [1.82, 2.24) is 4.98 Å². The SMILES string of the molecule is CCCOc1ccnc([C@@H](C)O)c1. The summed E-state index contributed by atoms with van der Waals surface area (Å²) in [4.78, 5) is 4.02. The number of aromatic nitrogens is 1. The van der Waals surface area contributed by atoms with Gasteiger partial charge in [-0.3, -0.25) is 4.98 Å². The Bertz CT molecular complexity index is 261. The first-order chi connectivity index (χ1) is 6.24. The third-order valence-electron chi connectivity index (χ3n) is 1.65. The molecule has 1 aromatic rings. The lowest BCUT2D eigenvalue weighted by Crippen LogP contribution is -1.99. The molecule has 0 aliphatic carbocycles. The first-order valence-electron chi connectivity index (χ1n) is 4.51. The molecule has 3 nitrogen and oxygen atoms in total. The number of hydrogen-bond donors (Lipinski definition) is 1. The van der Waals surface area contributed by atoms with Crippen LogP contribution in [0.25, 0.3) is 0 Å². The molecule has 0 aliphatic heterocycles. The molecular formula is C10H15NO2. The Hall–Kier alpha value is -1.09. The van der Waals surface area contributed by atoms with Crippen LogP contribution in [0.1, 0.15) is 32.1 Å². The Balaban J connectivity index is 2.68. The van der Waals surface area contributed by atoms with Crippen LogP contribution in [0.5, 0.6) is 5.75 Å². The summed E-state index contributed by atoms with van der Waals surface area (Å²) >= 11 is 0. The Morgan fingerprint density at radius 1 is 1.62 bits per heavy atom. The van der Waals surface area contributed by atoms with Crippen molar-refractivity contribution in [3.63, 3.8) is 0 Å². The highest BCUT2D eigenvalue weighted by Crippen LogP contribution is 2.16. The maximum atomic E-state index is 9.26. The van der Waals surface area contributed by atoms with Crippen LogP contribution in [0.3, 0.4) is 0 Å². The molecule has 0 saturated carbocycles. The highest BCUT2D eigenvalue weighted by molar-refractivity contribution is 5.23. The molecule has 0 saturated heterocycles. The average molecular weight is 181 g/mol. The van der Waals surface area contributed by atoms with Crippen LogP contribution >= 0.6 is 0 Å². The first kappa shape index (κ1) is 9.99. The van der Waals surface area contributed by atoms with Gasteiger partial charge in [-0.1, -0.05) is 6.92 Å². The minimum absolute atomic E-state index is 0.537. The fourth-order valence-corrected chi connectivity index (χ4v) is 0.966. The summed E-state index contributed by atoms with van der Waals surface area (Å²) in [5, 5.41) is 9.26. The average Bonchev–Trinajstić information content (AvgIpc) is 2.15. The molecule has 0 amide bonds. The van der Waals surface area contributed by atoms with Gasteiger partial charge in [0.2, 0.25) is 0 Å². The second-order valence-electron chi connectivity index (χ2n) is 2.94. The molecule has 1 atom stereocenters. The lowest BCUT2D eigenvalue weighted by molar-refractivity contribution is 0.193. The minimum Gasteiger partial charge on any atom is -0.493 e. The second kappa shape index (κ2) is 4.82. The molecule has 1 aromatic heterocycles. The Morgan fingerprint density at radius 3 is 3.00 bits per heavy atom. The number of rotatable bonds is 4. The highest BCUT2D eigenvalue weighted by Gasteiger charge is 2.02. The smallest absolute Gasteiger partial charge is 0.122 e. The summed E-state index contributed by atoms with van der Waals surface area (Å²) in [5.41, 5.74) is 0.647. The zero-order valence-corrected chi connectivity index (χ0v) is 8.03. The molecular weight excluding hydrogens is 166 g/mol. The molecule has 1 heterocycles. The largest absolute Gasteiger partial charge is 0.493 e. The molecule has 13 heavy (non-hydrogen) atoms. The van der Waals surface area contributed by atoms with E-state index in [0.717, 1.165) is 12.2 Å². The van der Waals surface area contributed by atoms with E-state index in [1.54, 1.807) is 25.3 Å². The van der Waals surface area contributed by atoms with Crippen LogP contribution in [-0.2, 0) is 0 Å². The van der Waals surface area contributed by atoms with Crippen molar-refractivity contribution in [2.24, 2.45) is 0 Å². The standard InChI is InChI=1S/C10H15NO2/c1-3-6-13-9-4-5-11-10(7-9)8(2)12/h4-5,7-8,12H,3,6H2,1-2H3/t8-/m1/s1. The molecule has 1 rings (SSSR count). The Labute approximate surface area is 78.4 Å². The van der Waals surface area contributed by atoms with Gasteiger partial charge in [0.25, 0.3) is 0 Å². The van der Waals surface area contributed by atoms with Crippen LogP contribution in [0, 0.1) is 0 Å². The predicted octanol–water partition coefficient (Wildman–Crippen LogP) is 1.92. The first-order valence-corrected chi connectivity index (χ1v) is 4.51. The van der Waals surface area contributed by atoms with Crippen LogP contribution < -0.4 is 4.74 Å². The van der Waals surface area contributed by atoms with E-state index in [0.29, 0.717) is 12.3 Å². The van der Waals surface area contributed by atoms with E-state index in [4.69, 9.17) is 4.74 Å². The fraction of sp³-hybridized carbons (Fsp3) is 0.500. The van der Waals surface area contributed by atoms with E-state index >= 15 is 0 Å². The van der Waals surface area contributed by atoms with Gasteiger partial charge >= 0.3 is 0 Å². The molecule has 0 bridgehead atoms. The van der Waals surface area contributed by atoms with Gasteiger partial charge in [0.15, 0.2) is 0 Å². The van der Waals surface area contributed by atoms with Gasteiger partial charge in [-0.25, -0.2) is 0 Å². The van der Waals surface area contributed by atoms with Crippen molar-refractivity contribution in [3.8, 4) is 5.75 Å². The van der Waals surface area contributed by atoms with Gasteiger partial charge in [0.1, 0.15) is 5.75 Å². The zero-order valence-electron chi connectivity index (χ0n) is 8.03. The highest BCUT2D eigenvalue weighted by atomic mass is 16.5. The van der Waals surface area contributed by atoms with Crippen LogP contribution in [0.15, 0.2) is 18.3 Å². The topological polar surface area (TPSA) is 42.4 Å². The van der Waals surface area contributed by atoms with Crippen LogP contribution in [0.2, 0.25) is 0 Å². The van der Waals surface area contributed by atoms with Crippen LogP contribution in [0.4, 0.5) is 0 Å². The summed E-state index contributed by atoms with van der Waals surface area (Å²) in [6, 6.07) is 3.56. The monoisotopic (exact) mass is 181 g/mol. The summed E-state index contributed by atoms with van der Waals surface area (Å²) in [6.45, 7) is 4.44. The summed E-state index contributed by atoms with van der Waals surface area (Å²) in [7, 11) is 0. The van der Waals surface area contributed by atoms with Crippen molar-refractivity contribution in [3.05, 3.63) is 24.0 Å². The molecule has 0 spiro atoms. The molecule has 3 heteroatoms. The zero-order chi connectivity index (χ0) is 9.68. The maximum Gasteiger partial charge on any atom is 0.122 e. The normalized spacial score (nSPS) is 12.5. The lowest BCUT2D eigenvalue weighted by Gasteiger charge is -2.07.